The number of aliphatic hydroxyl groups excluding tert-OH is 1. The molecule has 0 aliphatic carbocycles. The third-order valence-corrected chi connectivity index (χ3v) is 8.36. The van der Waals surface area contributed by atoms with Crippen molar-refractivity contribution in [1.29, 1.82) is 0 Å². The monoisotopic (exact) mass is 610 g/mol. The first-order chi connectivity index (χ1) is 21.8. The summed E-state index contributed by atoms with van der Waals surface area (Å²) in [5, 5.41) is 14.0. The Hall–Kier alpha value is -4.83. The van der Waals surface area contributed by atoms with Crippen molar-refractivity contribution in [3.8, 4) is 17.2 Å². The minimum Gasteiger partial charge on any atom is -0.493 e. The molecule has 0 fully saturated rings. The molecule has 0 spiro atoms. The Bertz CT molecular complexity index is 1670. The molecule has 1 unspecified atom stereocenters. The molecule has 2 aromatic carbocycles. The summed E-state index contributed by atoms with van der Waals surface area (Å²) < 4.78 is 17.7. The lowest BCUT2D eigenvalue weighted by molar-refractivity contribution is 0.0643. The predicted octanol–water partition coefficient (Wildman–Crippen LogP) is 5.66. The highest BCUT2D eigenvalue weighted by atomic mass is 16.5. The molecule has 4 heterocycles. The number of nitrogens with one attached hydrogen (secondary N) is 1. The van der Waals surface area contributed by atoms with E-state index in [1.807, 2.05) is 63.7 Å². The van der Waals surface area contributed by atoms with Crippen molar-refractivity contribution in [2.45, 2.75) is 58.3 Å². The van der Waals surface area contributed by atoms with Gasteiger partial charge in [-0.25, -0.2) is 0 Å². The molecule has 3 atom stereocenters. The fourth-order valence-electron chi connectivity index (χ4n) is 6.15. The van der Waals surface area contributed by atoms with Crippen molar-refractivity contribution < 1.29 is 28.9 Å². The van der Waals surface area contributed by atoms with Crippen LogP contribution >= 0.6 is 0 Å². The van der Waals surface area contributed by atoms with E-state index in [-0.39, 0.29) is 23.9 Å². The fourth-order valence-corrected chi connectivity index (χ4v) is 6.15. The molecular formula is C35H38N4O6. The molecule has 4 aliphatic heterocycles. The molecule has 0 saturated heterocycles. The van der Waals surface area contributed by atoms with Gasteiger partial charge >= 0.3 is 0 Å². The molecule has 0 aromatic heterocycles. The molecule has 2 N–H and O–H groups in total. The fraction of sp³-hybridized carbons (Fsp3) is 0.343. The van der Waals surface area contributed by atoms with Gasteiger partial charge < -0.3 is 34.4 Å². The van der Waals surface area contributed by atoms with Crippen molar-refractivity contribution in [1.82, 2.24) is 9.80 Å². The lowest BCUT2D eigenvalue weighted by atomic mass is 10.1. The molecule has 234 valence electrons. The zero-order chi connectivity index (χ0) is 31.7. The number of carbonyl (C=O) groups excluding carboxylic acids is 2. The van der Waals surface area contributed by atoms with Gasteiger partial charge in [-0.2, -0.15) is 0 Å². The van der Waals surface area contributed by atoms with Crippen LogP contribution in [0.5, 0.6) is 17.2 Å². The van der Waals surface area contributed by atoms with Crippen molar-refractivity contribution in [3.63, 3.8) is 0 Å². The summed E-state index contributed by atoms with van der Waals surface area (Å²) in [5.41, 5.74) is 4.94. The second-order valence-electron chi connectivity index (χ2n) is 11.5. The maximum Gasteiger partial charge on any atom is 0.260 e. The number of ether oxygens (including phenoxy) is 3. The standard InChI is InChI=1S/C35H38N4O6/c1-5-8-22-13-24-18-36-27-16-32(31(43-4)15-26(27)34(41)38(24)19-22)45-11-7-10-44-30-17-28-25(12-21(30)3)35(42)39-20-23(9-6-2)14-29(39)33(40)37-28/h5-6,8-9,12,15-20,24,29,33,37,40H,7,10-11,13-14H2,1-4H3/b8-5+,9-6+/t24-,29-,33?/m0/s1. The minimum atomic E-state index is -0.919. The Morgan fingerprint density at radius 2 is 1.60 bits per heavy atom. The number of aliphatic hydroxyl groups is 1. The summed E-state index contributed by atoms with van der Waals surface area (Å²) in [7, 11) is 1.54. The van der Waals surface area contributed by atoms with Crippen LogP contribution in [0.15, 0.2) is 77.1 Å². The van der Waals surface area contributed by atoms with E-state index in [1.165, 1.54) is 0 Å². The minimum absolute atomic E-state index is 0.123. The molecule has 0 bridgehead atoms. The molecular weight excluding hydrogens is 572 g/mol. The second kappa shape index (κ2) is 12.6. The van der Waals surface area contributed by atoms with Crippen LogP contribution in [0.25, 0.3) is 0 Å². The van der Waals surface area contributed by atoms with Crippen molar-refractivity contribution >= 4 is 29.4 Å². The average molecular weight is 611 g/mol. The van der Waals surface area contributed by atoms with Gasteiger partial charge in [0.1, 0.15) is 12.0 Å². The molecule has 0 radical (unpaired) electrons. The maximum absolute atomic E-state index is 13.4. The van der Waals surface area contributed by atoms with Crippen LogP contribution in [0, 0.1) is 6.92 Å². The largest absolute Gasteiger partial charge is 0.493 e. The van der Waals surface area contributed by atoms with Crippen LogP contribution < -0.4 is 19.5 Å². The Morgan fingerprint density at radius 1 is 0.911 bits per heavy atom. The number of aliphatic imine (C=N–C) groups is 1. The van der Waals surface area contributed by atoms with E-state index in [4.69, 9.17) is 14.2 Å². The zero-order valence-corrected chi connectivity index (χ0v) is 25.9. The quantitative estimate of drug-likeness (QED) is 0.353. The SMILES string of the molecule is C/C=C/C1=CN2C(=O)c3cc(OC)c(OCCCOc4cc5c(cc4C)C(=O)N4C=C(/C=C/C)C[C@H]4C(O)N5)cc3N=C[C@@H]2C1. The molecule has 4 aliphatic rings. The number of rotatable bonds is 9. The number of anilines is 1. The van der Waals surface area contributed by atoms with E-state index in [0.29, 0.717) is 65.8 Å². The summed E-state index contributed by atoms with van der Waals surface area (Å²) in [6.07, 6.45) is 14.3. The van der Waals surface area contributed by atoms with E-state index < -0.39 is 6.23 Å². The number of nitrogens with zero attached hydrogens (tertiary/aromatic N) is 3. The summed E-state index contributed by atoms with van der Waals surface area (Å²) in [4.78, 5) is 34.7. The van der Waals surface area contributed by atoms with Crippen molar-refractivity contribution in [2.24, 2.45) is 4.99 Å². The van der Waals surface area contributed by atoms with Crippen LogP contribution in [0.2, 0.25) is 0 Å². The van der Waals surface area contributed by atoms with Gasteiger partial charge in [0, 0.05) is 37.2 Å². The Balaban J connectivity index is 1.09. The highest BCUT2D eigenvalue weighted by Gasteiger charge is 2.38. The van der Waals surface area contributed by atoms with Crippen molar-refractivity contribution in [2.75, 3.05) is 25.6 Å². The molecule has 6 rings (SSSR count). The first-order valence-electron chi connectivity index (χ1n) is 15.2. The predicted molar refractivity (Wildman–Crippen MR) is 173 cm³/mol. The van der Waals surface area contributed by atoms with Gasteiger partial charge in [0.05, 0.1) is 54.9 Å². The number of hydrogen-bond donors (Lipinski definition) is 2. The molecule has 10 heteroatoms. The normalized spacial score (nSPS) is 21.9. The van der Waals surface area contributed by atoms with E-state index in [1.54, 1.807) is 41.2 Å². The molecule has 45 heavy (non-hydrogen) atoms. The first kappa shape index (κ1) is 30.2. The van der Waals surface area contributed by atoms with E-state index >= 15 is 0 Å². The number of fused-ring (bicyclic) bond motifs is 4. The van der Waals surface area contributed by atoms with Gasteiger partial charge in [0.2, 0.25) is 0 Å². The lowest BCUT2D eigenvalue weighted by Gasteiger charge is -2.24. The zero-order valence-electron chi connectivity index (χ0n) is 25.9. The maximum atomic E-state index is 13.4. The molecule has 10 nitrogen and oxygen atoms in total. The average Bonchev–Trinajstić information content (AvgIpc) is 3.60. The lowest BCUT2D eigenvalue weighted by Crippen LogP contribution is -2.42. The van der Waals surface area contributed by atoms with Gasteiger partial charge in [0.25, 0.3) is 11.8 Å². The number of allylic oxidation sites excluding steroid dienone is 4. The Morgan fingerprint density at radius 3 is 2.33 bits per heavy atom. The number of carbonyl (C=O) groups is 2. The Kier molecular flexibility index (Phi) is 8.49. The number of methoxy groups -OCH3 is 1. The van der Waals surface area contributed by atoms with E-state index in [2.05, 4.69) is 10.3 Å². The number of hydrogen-bond acceptors (Lipinski definition) is 8. The van der Waals surface area contributed by atoms with E-state index in [0.717, 1.165) is 23.1 Å². The van der Waals surface area contributed by atoms with Crippen LogP contribution in [-0.2, 0) is 0 Å². The third-order valence-electron chi connectivity index (χ3n) is 8.36. The smallest absolute Gasteiger partial charge is 0.260 e. The highest BCUT2D eigenvalue weighted by Crippen LogP contribution is 2.39. The van der Waals surface area contributed by atoms with Gasteiger partial charge in [-0.3, -0.25) is 14.6 Å². The van der Waals surface area contributed by atoms with Crippen LogP contribution in [-0.4, -0.2) is 71.6 Å². The first-order valence-corrected chi connectivity index (χ1v) is 15.2. The molecule has 2 amide bonds. The summed E-state index contributed by atoms with van der Waals surface area (Å²) in [5.74, 6) is 1.30. The van der Waals surface area contributed by atoms with E-state index in [9.17, 15) is 14.7 Å². The summed E-state index contributed by atoms with van der Waals surface area (Å²) in [6.45, 7) is 6.49. The van der Waals surface area contributed by atoms with Gasteiger partial charge in [-0.15, -0.1) is 0 Å². The second-order valence-corrected chi connectivity index (χ2v) is 11.5. The topological polar surface area (TPSA) is 113 Å². The van der Waals surface area contributed by atoms with Crippen LogP contribution in [0.1, 0.15) is 59.4 Å². The third kappa shape index (κ3) is 5.85. The number of benzene rings is 2. The van der Waals surface area contributed by atoms with Crippen LogP contribution in [0.3, 0.4) is 0 Å². The number of aryl methyl sites for hydroxylation is 1. The number of amides is 2. The highest BCUT2D eigenvalue weighted by molar-refractivity contribution is 6.04. The van der Waals surface area contributed by atoms with Gasteiger partial charge in [-0.05, 0) is 62.5 Å². The van der Waals surface area contributed by atoms with Gasteiger partial charge in [-0.1, -0.05) is 24.3 Å². The summed E-state index contributed by atoms with van der Waals surface area (Å²) >= 11 is 0. The van der Waals surface area contributed by atoms with Crippen LogP contribution in [0.4, 0.5) is 11.4 Å². The van der Waals surface area contributed by atoms with Gasteiger partial charge in [0.15, 0.2) is 11.5 Å². The molecule has 0 saturated carbocycles. The summed E-state index contributed by atoms with van der Waals surface area (Å²) in [6, 6.07) is 6.51. The van der Waals surface area contributed by atoms with Crippen molar-refractivity contribution in [3.05, 3.63) is 88.8 Å². The Labute approximate surface area is 263 Å². The molecule has 2 aromatic rings.